The van der Waals surface area contributed by atoms with E-state index < -0.39 is 15.8 Å². The molecule has 146 valence electrons. The van der Waals surface area contributed by atoms with Crippen LogP contribution >= 0.6 is 11.5 Å². The maximum absolute atomic E-state index is 13.0. The normalized spacial score (nSPS) is 15.7. The molecule has 1 aromatic carbocycles. The van der Waals surface area contributed by atoms with Crippen LogP contribution < -0.4 is 10.0 Å². The van der Waals surface area contributed by atoms with Gasteiger partial charge in [-0.05, 0) is 55.6 Å². The van der Waals surface area contributed by atoms with Crippen LogP contribution in [0, 0.1) is 12.7 Å². The Morgan fingerprint density at radius 3 is 2.48 bits per heavy atom. The van der Waals surface area contributed by atoms with Crippen molar-refractivity contribution in [3.8, 4) is 0 Å². The lowest BCUT2D eigenvalue weighted by Gasteiger charge is -2.32. The molecule has 10 heteroatoms. The summed E-state index contributed by atoms with van der Waals surface area (Å²) in [5, 5.41) is 3.72. The smallest absolute Gasteiger partial charge is 0.258 e. The molecule has 0 spiro atoms. The number of anilines is 1. The summed E-state index contributed by atoms with van der Waals surface area (Å²) in [7, 11) is -1.96. The molecule has 2 heterocycles. The highest BCUT2D eigenvalue weighted by molar-refractivity contribution is 7.89. The van der Waals surface area contributed by atoms with Gasteiger partial charge in [0.2, 0.25) is 10.0 Å². The number of carbonyl (C=O) groups excluding carboxylic acids is 1. The topological polar surface area (TPSA) is 91.4 Å². The van der Waals surface area contributed by atoms with Gasteiger partial charge in [-0.2, -0.15) is 4.37 Å². The summed E-state index contributed by atoms with van der Waals surface area (Å²) in [6.45, 7) is 2.70. The summed E-state index contributed by atoms with van der Waals surface area (Å²) >= 11 is 1.25. The summed E-state index contributed by atoms with van der Waals surface area (Å²) in [5.74, 6) is -0.578. The molecule has 7 nitrogen and oxygen atoms in total. The number of rotatable bonds is 5. The maximum Gasteiger partial charge on any atom is 0.258 e. The lowest BCUT2D eigenvalue weighted by atomic mass is 10.0. The molecule has 2 N–H and O–H groups in total. The van der Waals surface area contributed by atoms with Crippen molar-refractivity contribution in [1.29, 1.82) is 0 Å². The number of amides is 1. The van der Waals surface area contributed by atoms with E-state index >= 15 is 0 Å². The highest BCUT2D eigenvalue weighted by Gasteiger charge is 2.29. The lowest BCUT2D eigenvalue weighted by Crippen LogP contribution is -2.46. The van der Waals surface area contributed by atoms with Crippen LogP contribution in [0.2, 0.25) is 0 Å². The Kier molecular flexibility index (Phi) is 5.78. The molecular weight excluding hydrogens is 391 g/mol. The Hall–Kier alpha value is -2.04. The first kappa shape index (κ1) is 19.7. The first-order valence-corrected chi connectivity index (χ1v) is 10.8. The van der Waals surface area contributed by atoms with Crippen LogP contribution in [-0.2, 0) is 10.0 Å². The summed E-state index contributed by atoms with van der Waals surface area (Å²) in [6.07, 6.45) is 1.02. The number of halogens is 1. The predicted octanol–water partition coefficient (Wildman–Crippen LogP) is 2.22. The number of aryl methyl sites for hydroxylation is 1. The average Bonchev–Trinajstić information content (AvgIpc) is 3.02. The second-order valence-electron chi connectivity index (χ2n) is 6.36. The molecule has 1 saturated heterocycles. The molecule has 0 radical (unpaired) electrons. The Balaban J connectivity index is 1.62. The van der Waals surface area contributed by atoms with Crippen molar-refractivity contribution in [2.24, 2.45) is 0 Å². The highest BCUT2D eigenvalue weighted by atomic mass is 32.2. The van der Waals surface area contributed by atoms with E-state index in [2.05, 4.69) is 14.4 Å². The van der Waals surface area contributed by atoms with E-state index in [4.69, 9.17) is 0 Å². The lowest BCUT2D eigenvalue weighted by molar-refractivity contribution is 0.0712. The number of benzene rings is 1. The third-order valence-corrected chi connectivity index (χ3v) is 7.02. The number of aromatic nitrogens is 1. The molecule has 2 aromatic rings. The van der Waals surface area contributed by atoms with Crippen molar-refractivity contribution in [3.63, 3.8) is 0 Å². The Labute approximate surface area is 161 Å². The van der Waals surface area contributed by atoms with Gasteiger partial charge in [-0.25, -0.2) is 17.5 Å². The van der Waals surface area contributed by atoms with Crippen molar-refractivity contribution in [3.05, 3.63) is 41.3 Å². The van der Waals surface area contributed by atoms with Gasteiger partial charge >= 0.3 is 0 Å². The van der Waals surface area contributed by atoms with Crippen LogP contribution in [0.4, 0.5) is 9.39 Å². The van der Waals surface area contributed by atoms with Gasteiger partial charge in [0.05, 0.1) is 16.2 Å². The van der Waals surface area contributed by atoms with Gasteiger partial charge in [0, 0.05) is 26.2 Å². The molecule has 1 amide bonds. The molecule has 1 fully saturated rings. The first-order valence-electron chi connectivity index (χ1n) is 8.53. The van der Waals surface area contributed by atoms with E-state index in [0.717, 1.165) is 17.1 Å². The molecule has 0 aliphatic carbocycles. The van der Waals surface area contributed by atoms with Gasteiger partial charge in [-0.1, -0.05) is 0 Å². The Morgan fingerprint density at radius 2 is 1.89 bits per heavy atom. The molecule has 1 aromatic heterocycles. The molecule has 0 atom stereocenters. The zero-order valence-electron chi connectivity index (χ0n) is 15.0. The largest absolute Gasteiger partial charge is 0.378 e. The maximum atomic E-state index is 13.0. The molecule has 3 rings (SSSR count). The van der Waals surface area contributed by atoms with Crippen LogP contribution in [0.5, 0.6) is 0 Å². The summed E-state index contributed by atoms with van der Waals surface area (Å²) in [4.78, 5) is 14.5. The SMILES string of the molecule is CNc1snc(C)c1C(=O)N1CCC(NS(=O)(=O)c2ccc(F)cc2)CC1. The summed E-state index contributed by atoms with van der Waals surface area (Å²) < 4.78 is 44.7. The van der Waals surface area contributed by atoms with Gasteiger partial charge in [0.25, 0.3) is 5.91 Å². The number of piperidine rings is 1. The second-order valence-corrected chi connectivity index (χ2v) is 8.85. The van der Waals surface area contributed by atoms with Crippen molar-refractivity contribution in [2.45, 2.75) is 30.7 Å². The minimum atomic E-state index is -3.71. The number of nitrogens with zero attached hydrogens (tertiary/aromatic N) is 2. The van der Waals surface area contributed by atoms with E-state index in [1.165, 1.54) is 23.7 Å². The quantitative estimate of drug-likeness (QED) is 0.786. The molecule has 0 unspecified atom stereocenters. The third-order valence-electron chi connectivity index (χ3n) is 4.53. The van der Waals surface area contributed by atoms with E-state index in [9.17, 15) is 17.6 Å². The second kappa shape index (κ2) is 7.91. The van der Waals surface area contributed by atoms with Crippen molar-refractivity contribution < 1.29 is 17.6 Å². The minimum Gasteiger partial charge on any atom is -0.378 e. The number of nitrogens with one attached hydrogen (secondary N) is 2. The number of carbonyl (C=O) groups is 1. The van der Waals surface area contributed by atoms with E-state index in [-0.39, 0.29) is 16.8 Å². The van der Waals surface area contributed by atoms with Crippen LogP contribution in [0.15, 0.2) is 29.2 Å². The number of hydrogen-bond donors (Lipinski definition) is 2. The molecule has 1 aliphatic heterocycles. The number of sulfonamides is 1. The van der Waals surface area contributed by atoms with Crippen molar-refractivity contribution >= 4 is 32.5 Å². The fourth-order valence-electron chi connectivity index (χ4n) is 3.05. The van der Waals surface area contributed by atoms with Crippen LogP contribution in [-0.4, -0.2) is 49.8 Å². The standard InChI is InChI=1S/C17H21FN4O3S2/c1-11-15(16(19-2)26-20-11)17(23)22-9-7-13(8-10-22)21-27(24,25)14-5-3-12(18)4-6-14/h3-6,13,19,21H,7-10H2,1-2H3. The highest BCUT2D eigenvalue weighted by Crippen LogP contribution is 2.26. The monoisotopic (exact) mass is 412 g/mol. The fourth-order valence-corrected chi connectivity index (χ4v) is 5.09. The van der Waals surface area contributed by atoms with Gasteiger partial charge in [-0.15, -0.1) is 0 Å². The van der Waals surface area contributed by atoms with Crippen LogP contribution in [0.1, 0.15) is 28.9 Å². The van der Waals surface area contributed by atoms with E-state index in [0.29, 0.717) is 37.2 Å². The third kappa shape index (κ3) is 4.28. The molecular formula is C17H21FN4O3S2. The average molecular weight is 413 g/mol. The zero-order valence-corrected chi connectivity index (χ0v) is 16.7. The van der Waals surface area contributed by atoms with Crippen molar-refractivity contribution in [2.75, 3.05) is 25.5 Å². The van der Waals surface area contributed by atoms with Crippen LogP contribution in [0.25, 0.3) is 0 Å². The molecule has 0 saturated carbocycles. The van der Waals surface area contributed by atoms with Gasteiger partial charge < -0.3 is 10.2 Å². The van der Waals surface area contributed by atoms with Crippen molar-refractivity contribution in [1.82, 2.24) is 14.0 Å². The molecule has 0 bridgehead atoms. The minimum absolute atomic E-state index is 0.0287. The fraction of sp³-hybridized carbons (Fsp3) is 0.412. The molecule has 1 aliphatic rings. The Bertz CT molecular complexity index is 920. The van der Waals surface area contributed by atoms with Gasteiger partial charge in [0.1, 0.15) is 10.8 Å². The number of hydrogen-bond acceptors (Lipinski definition) is 6. The molecule has 27 heavy (non-hydrogen) atoms. The predicted molar refractivity (Wildman–Crippen MR) is 102 cm³/mol. The van der Waals surface area contributed by atoms with E-state index in [1.54, 1.807) is 18.9 Å². The van der Waals surface area contributed by atoms with Gasteiger partial charge in [0.15, 0.2) is 0 Å². The van der Waals surface area contributed by atoms with Gasteiger partial charge in [-0.3, -0.25) is 4.79 Å². The van der Waals surface area contributed by atoms with E-state index in [1.807, 2.05) is 0 Å². The zero-order chi connectivity index (χ0) is 19.6. The summed E-state index contributed by atoms with van der Waals surface area (Å²) in [5.41, 5.74) is 1.27. The first-order chi connectivity index (χ1) is 12.8. The Morgan fingerprint density at radius 1 is 1.26 bits per heavy atom. The van der Waals surface area contributed by atoms with Crippen LogP contribution in [0.3, 0.4) is 0 Å². The summed E-state index contributed by atoms with van der Waals surface area (Å²) in [6, 6.07) is 4.44. The number of likely N-dealkylation sites (tertiary alicyclic amines) is 1.